The lowest BCUT2D eigenvalue weighted by molar-refractivity contribution is -0.125. The van der Waals surface area contributed by atoms with Crippen molar-refractivity contribution in [3.8, 4) is 0 Å². The Kier molecular flexibility index (Phi) is 6.67. The molecule has 7 heteroatoms. The van der Waals surface area contributed by atoms with Crippen LogP contribution in [0.5, 0.6) is 0 Å². The Morgan fingerprint density at radius 1 is 1.24 bits per heavy atom. The minimum absolute atomic E-state index is 0.0391. The molecule has 0 saturated carbocycles. The standard InChI is InChI=1S/C22H33N5O2/c1-2-27-20-9-4-3-8-19(20)24-22(27)26-12-5-7-18(17-26)21(28)23-10-6-11-25-13-15-29-16-14-25/h3-4,8-9,18H,2,5-7,10-17H2,1H3,(H,23,28)/t18-/m1/s1. The van der Waals surface area contributed by atoms with E-state index in [2.05, 4.69) is 44.8 Å². The fourth-order valence-corrected chi connectivity index (χ4v) is 4.47. The predicted molar refractivity (Wildman–Crippen MR) is 115 cm³/mol. The van der Waals surface area contributed by atoms with Crippen LogP contribution in [0.15, 0.2) is 24.3 Å². The van der Waals surface area contributed by atoms with E-state index in [0.29, 0.717) is 0 Å². The van der Waals surface area contributed by atoms with Gasteiger partial charge in [-0.3, -0.25) is 9.69 Å². The molecule has 0 bridgehead atoms. The first kappa shape index (κ1) is 20.2. The smallest absolute Gasteiger partial charge is 0.224 e. The Hall–Kier alpha value is -2.12. The summed E-state index contributed by atoms with van der Waals surface area (Å²) in [6.07, 6.45) is 2.98. The first-order valence-corrected chi connectivity index (χ1v) is 11.0. The molecule has 2 aliphatic heterocycles. The Morgan fingerprint density at radius 3 is 2.90 bits per heavy atom. The number of benzene rings is 1. The molecule has 1 N–H and O–H groups in total. The first-order chi connectivity index (χ1) is 14.3. The summed E-state index contributed by atoms with van der Waals surface area (Å²) >= 11 is 0. The van der Waals surface area contributed by atoms with E-state index in [1.807, 2.05) is 6.07 Å². The highest BCUT2D eigenvalue weighted by atomic mass is 16.5. The number of imidazole rings is 1. The second kappa shape index (κ2) is 9.59. The zero-order valence-corrected chi connectivity index (χ0v) is 17.5. The van der Waals surface area contributed by atoms with Crippen molar-refractivity contribution in [1.82, 2.24) is 19.8 Å². The Bertz CT molecular complexity index is 815. The average molecular weight is 400 g/mol. The van der Waals surface area contributed by atoms with Crippen LogP contribution in [0, 0.1) is 5.92 Å². The number of nitrogens with one attached hydrogen (secondary N) is 1. The van der Waals surface area contributed by atoms with Crippen LogP contribution in [0.25, 0.3) is 11.0 Å². The minimum Gasteiger partial charge on any atom is -0.379 e. The maximum Gasteiger partial charge on any atom is 0.224 e. The number of anilines is 1. The number of nitrogens with zero attached hydrogens (tertiary/aromatic N) is 4. The number of aromatic nitrogens is 2. The van der Waals surface area contributed by atoms with Gasteiger partial charge >= 0.3 is 0 Å². The van der Waals surface area contributed by atoms with Gasteiger partial charge in [-0.05, 0) is 44.9 Å². The second-order valence-corrected chi connectivity index (χ2v) is 8.03. The molecule has 158 valence electrons. The molecule has 2 aromatic rings. The number of morpholine rings is 1. The number of hydrogen-bond donors (Lipinski definition) is 1. The maximum absolute atomic E-state index is 12.8. The van der Waals surface area contributed by atoms with Crippen LogP contribution in [0.4, 0.5) is 5.95 Å². The second-order valence-electron chi connectivity index (χ2n) is 8.03. The normalized spacial score (nSPS) is 20.9. The van der Waals surface area contributed by atoms with Gasteiger partial charge in [0.2, 0.25) is 11.9 Å². The molecule has 2 saturated heterocycles. The molecule has 0 spiro atoms. The van der Waals surface area contributed by atoms with Crippen molar-refractivity contribution in [2.45, 2.75) is 32.7 Å². The van der Waals surface area contributed by atoms with Crippen molar-refractivity contribution in [1.29, 1.82) is 0 Å². The van der Waals surface area contributed by atoms with Gasteiger partial charge in [0.15, 0.2) is 0 Å². The Labute approximate surface area is 173 Å². The van der Waals surface area contributed by atoms with E-state index in [0.717, 1.165) is 89.8 Å². The SMILES string of the molecule is CCn1c(N2CCC[C@@H](C(=O)NCCCN3CCOCC3)C2)nc2ccccc21. The highest BCUT2D eigenvalue weighted by Gasteiger charge is 2.28. The predicted octanol–water partition coefficient (Wildman–Crippen LogP) is 2.11. The monoisotopic (exact) mass is 399 g/mol. The van der Waals surface area contributed by atoms with E-state index < -0.39 is 0 Å². The molecule has 1 aromatic heterocycles. The molecule has 1 aromatic carbocycles. The molecule has 0 radical (unpaired) electrons. The van der Waals surface area contributed by atoms with Crippen LogP contribution in [-0.4, -0.2) is 72.8 Å². The molecular formula is C22H33N5O2. The minimum atomic E-state index is 0.0391. The number of fused-ring (bicyclic) bond motifs is 1. The Morgan fingerprint density at radius 2 is 2.07 bits per heavy atom. The summed E-state index contributed by atoms with van der Waals surface area (Å²) in [6.45, 7) is 10.2. The topological polar surface area (TPSA) is 62.6 Å². The summed E-state index contributed by atoms with van der Waals surface area (Å²) in [6, 6.07) is 8.28. The van der Waals surface area contributed by atoms with Crippen molar-refractivity contribution in [2.24, 2.45) is 5.92 Å². The van der Waals surface area contributed by atoms with E-state index >= 15 is 0 Å². The van der Waals surface area contributed by atoms with Crippen LogP contribution < -0.4 is 10.2 Å². The fourth-order valence-electron chi connectivity index (χ4n) is 4.47. The van der Waals surface area contributed by atoms with E-state index in [9.17, 15) is 4.79 Å². The van der Waals surface area contributed by atoms with Gasteiger partial charge in [0.05, 0.1) is 30.2 Å². The number of carbonyl (C=O) groups is 1. The molecule has 4 rings (SSSR count). The lowest BCUT2D eigenvalue weighted by Gasteiger charge is -2.33. The Balaban J connectivity index is 1.31. The van der Waals surface area contributed by atoms with Gasteiger partial charge in [0, 0.05) is 39.3 Å². The maximum atomic E-state index is 12.8. The van der Waals surface area contributed by atoms with Gasteiger partial charge in [-0.1, -0.05) is 12.1 Å². The molecule has 7 nitrogen and oxygen atoms in total. The molecule has 0 aliphatic carbocycles. The summed E-state index contributed by atoms with van der Waals surface area (Å²) in [4.78, 5) is 22.3. The molecule has 29 heavy (non-hydrogen) atoms. The van der Waals surface area contributed by atoms with E-state index in [1.54, 1.807) is 0 Å². The van der Waals surface area contributed by atoms with Crippen LogP contribution in [0.2, 0.25) is 0 Å². The number of carbonyl (C=O) groups excluding carboxylic acids is 1. The van der Waals surface area contributed by atoms with Crippen molar-refractivity contribution < 1.29 is 9.53 Å². The summed E-state index contributed by atoms with van der Waals surface area (Å²) < 4.78 is 7.64. The van der Waals surface area contributed by atoms with Crippen molar-refractivity contribution >= 4 is 22.9 Å². The number of hydrogen-bond acceptors (Lipinski definition) is 5. The lowest BCUT2D eigenvalue weighted by atomic mass is 9.97. The van der Waals surface area contributed by atoms with Crippen molar-refractivity contribution in [2.75, 3.05) is 57.4 Å². The highest BCUT2D eigenvalue weighted by Crippen LogP contribution is 2.27. The summed E-state index contributed by atoms with van der Waals surface area (Å²) in [5, 5.41) is 3.17. The third kappa shape index (κ3) is 4.73. The quantitative estimate of drug-likeness (QED) is 0.723. The van der Waals surface area contributed by atoms with Gasteiger partial charge in [0.25, 0.3) is 0 Å². The number of piperidine rings is 1. The molecule has 0 unspecified atom stereocenters. The van der Waals surface area contributed by atoms with Crippen molar-refractivity contribution in [3.05, 3.63) is 24.3 Å². The molecule has 2 aliphatic rings. The lowest BCUT2D eigenvalue weighted by Crippen LogP contribution is -2.44. The number of para-hydroxylation sites is 2. The van der Waals surface area contributed by atoms with Crippen LogP contribution in [0.3, 0.4) is 0 Å². The van der Waals surface area contributed by atoms with Crippen LogP contribution in [0.1, 0.15) is 26.2 Å². The van der Waals surface area contributed by atoms with Gasteiger partial charge in [0.1, 0.15) is 0 Å². The summed E-state index contributed by atoms with van der Waals surface area (Å²) in [5.41, 5.74) is 2.19. The van der Waals surface area contributed by atoms with E-state index in [1.165, 1.54) is 5.52 Å². The van der Waals surface area contributed by atoms with Crippen LogP contribution >= 0.6 is 0 Å². The first-order valence-electron chi connectivity index (χ1n) is 11.0. The van der Waals surface area contributed by atoms with E-state index in [4.69, 9.17) is 9.72 Å². The zero-order valence-electron chi connectivity index (χ0n) is 17.5. The number of rotatable bonds is 7. The molecule has 1 atom stereocenters. The fraction of sp³-hybridized carbons (Fsp3) is 0.636. The number of amides is 1. The number of ether oxygens (including phenoxy) is 1. The molecule has 1 amide bonds. The van der Waals surface area contributed by atoms with Gasteiger partial charge in [-0.25, -0.2) is 4.98 Å². The van der Waals surface area contributed by atoms with Gasteiger partial charge in [-0.15, -0.1) is 0 Å². The molecule has 2 fully saturated rings. The van der Waals surface area contributed by atoms with Crippen molar-refractivity contribution in [3.63, 3.8) is 0 Å². The number of aryl methyl sites for hydroxylation is 1. The third-order valence-corrected chi connectivity index (χ3v) is 6.08. The van der Waals surface area contributed by atoms with E-state index in [-0.39, 0.29) is 11.8 Å². The molecular weight excluding hydrogens is 366 g/mol. The van der Waals surface area contributed by atoms with Crippen LogP contribution in [-0.2, 0) is 16.1 Å². The molecule has 3 heterocycles. The zero-order chi connectivity index (χ0) is 20.1. The average Bonchev–Trinajstić information content (AvgIpc) is 3.16. The van der Waals surface area contributed by atoms with Gasteiger partial charge < -0.3 is 19.5 Å². The largest absolute Gasteiger partial charge is 0.379 e. The third-order valence-electron chi connectivity index (χ3n) is 6.08. The highest BCUT2D eigenvalue weighted by molar-refractivity contribution is 5.81. The summed E-state index contributed by atoms with van der Waals surface area (Å²) in [7, 11) is 0. The summed E-state index contributed by atoms with van der Waals surface area (Å²) in [5.74, 6) is 1.23. The van der Waals surface area contributed by atoms with Gasteiger partial charge in [-0.2, -0.15) is 0 Å².